The Morgan fingerprint density at radius 3 is 2.54 bits per heavy atom. The largest absolute Gasteiger partial charge is 0.378 e. The molecule has 0 aromatic heterocycles. The molecule has 1 aliphatic rings. The van der Waals surface area contributed by atoms with Crippen LogP contribution < -0.4 is 15.5 Å². The predicted octanol–water partition coefficient (Wildman–Crippen LogP) is 3.16. The second kappa shape index (κ2) is 9.08. The van der Waals surface area contributed by atoms with E-state index in [0.717, 1.165) is 29.9 Å². The molecule has 0 spiro atoms. The Hall–Kier alpha value is -2.57. The fourth-order valence-corrected chi connectivity index (χ4v) is 3.20. The molecule has 0 saturated carbocycles. The SMILES string of the molecule is Cc1ccc(C(=O)NCC(=O)Nc2cc(Cl)ccc2N2CCOCC2)cc1C. The van der Waals surface area contributed by atoms with Gasteiger partial charge >= 0.3 is 0 Å². The summed E-state index contributed by atoms with van der Waals surface area (Å²) in [6, 6.07) is 10.9. The zero-order chi connectivity index (χ0) is 20.1. The minimum Gasteiger partial charge on any atom is -0.378 e. The van der Waals surface area contributed by atoms with E-state index in [2.05, 4.69) is 15.5 Å². The Bertz CT molecular complexity index is 879. The van der Waals surface area contributed by atoms with Crippen molar-refractivity contribution < 1.29 is 14.3 Å². The number of hydrogen-bond donors (Lipinski definition) is 2. The molecule has 0 radical (unpaired) electrons. The molecule has 1 aliphatic heterocycles. The van der Waals surface area contributed by atoms with Gasteiger partial charge in [0.15, 0.2) is 0 Å². The van der Waals surface area contributed by atoms with Crippen molar-refractivity contribution in [3.8, 4) is 0 Å². The number of morpholine rings is 1. The molecule has 3 rings (SSSR count). The molecule has 1 heterocycles. The van der Waals surface area contributed by atoms with Crippen molar-refractivity contribution in [1.82, 2.24) is 5.32 Å². The van der Waals surface area contributed by atoms with Crippen molar-refractivity contribution in [2.45, 2.75) is 13.8 Å². The molecule has 0 aliphatic carbocycles. The van der Waals surface area contributed by atoms with Crippen LogP contribution in [0, 0.1) is 13.8 Å². The minimum absolute atomic E-state index is 0.124. The summed E-state index contributed by atoms with van der Waals surface area (Å²) in [6.45, 7) is 6.58. The third kappa shape index (κ3) is 5.03. The Morgan fingerprint density at radius 1 is 1.07 bits per heavy atom. The molecule has 1 saturated heterocycles. The summed E-state index contributed by atoms with van der Waals surface area (Å²) in [7, 11) is 0. The molecule has 2 aromatic rings. The van der Waals surface area contributed by atoms with E-state index in [1.165, 1.54) is 0 Å². The molecule has 2 N–H and O–H groups in total. The van der Waals surface area contributed by atoms with E-state index in [9.17, 15) is 9.59 Å². The van der Waals surface area contributed by atoms with Crippen molar-refractivity contribution >= 4 is 34.8 Å². The highest BCUT2D eigenvalue weighted by atomic mass is 35.5. The van der Waals surface area contributed by atoms with Crippen LogP contribution in [0.2, 0.25) is 5.02 Å². The van der Waals surface area contributed by atoms with E-state index in [1.807, 2.05) is 32.0 Å². The van der Waals surface area contributed by atoms with Crippen LogP contribution in [0.25, 0.3) is 0 Å². The van der Waals surface area contributed by atoms with Crippen molar-refractivity contribution in [3.63, 3.8) is 0 Å². The van der Waals surface area contributed by atoms with Gasteiger partial charge in [-0.3, -0.25) is 9.59 Å². The first-order chi connectivity index (χ1) is 13.4. The molecule has 7 heteroatoms. The molecule has 2 aromatic carbocycles. The smallest absolute Gasteiger partial charge is 0.251 e. The van der Waals surface area contributed by atoms with Crippen molar-refractivity contribution in [3.05, 3.63) is 58.1 Å². The lowest BCUT2D eigenvalue weighted by Gasteiger charge is -2.30. The van der Waals surface area contributed by atoms with Crippen LogP contribution in [0.3, 0.4) is 0 Å². The summed E-state index contributed by atoms with van der Waals surface area (Å²) >= 11 is 6.11. The number of benzene rings is 2. The van der Waals surface area contributed by atoms with E-state index in [4.69, 9.17) is 16.3 Å². The maximum Gasteiger partial charge on any atom is 0.251 e. The van der Waals surface area contributed by atoms with E-state index < -0.39 is 0 Å². The fourth-order valence-electron chi connectivity index (χ4n) is 3.03. The predicted molar refractivity (Wildman–Crippen MR) is 111 cm³/mol. The van der Waals surface area contributed by atoms with Crippen LogP contribution in [0.5, 0.6) is 0 Å². The number of aryl methyl sites for hydroxylation is 2. The normalized spacial score (nSPS) is 13.9. The quantitative estimate of drug-likeness (QED) is 0.807. The molecule has 28 heavy (non-hydrogen) atoms. The molecular formula is C21H24ClN3O3. The van der Waals surface area contributed by atoms with E-state index >= 15 is 0 Å². The van der Waals surface area contributed by atoms with Crippen molar-refractivity contribution in [1.29, 1.82) is 0 Å². The lowest BCUT2D eigenvalue weighted by Crippen LogP contribution is -2.37. The number of halogens is 1. The number of nitrogens with one attached hydrogen (secondary N) is 2. The number of hydrogen-bond acceptors (Lipinski definition) is 4. The van der Waals surface area contributed by atoms with Crippen LogP contribution in [0.1, 0.15) is 21.5 Å². The monoisotopic (exact) mass is 401 g/mol. The standard InChI is InChI=1S/C21H24ClN3O3/c1-14-3-4-16(11-15(14)2)21(27)23-13-20(26)24-18-12-17(22)5-6-19(18)25-7-9-28-10-8-25/h3-6,11-12H,7-10,13H2,1-2H3,(H,23,27)(H,24,26). The average Bonchev–Trinajstić information content (AvgIpc) is 2.69. The van der Waals surface area contributed by atoms with Crippen molar-refractivity contribution in [2.75, 3.05) is 43.1 Å². The zero-order valence-electron chi connectivity index (χ0n) is 16.0. The van der Waals surface area contributed by atoms with Crippen LogP contribution in [0.15, 0.2) is 36.4 Å². The number of ether oxygens (including phenoxy) is 1. The van der Waals surface area contributed by atoms with Crippen LogP contribution >= 0.6 is 11.6 Å². The van der Waals surface area contributed by atoms with Gasteiger partial charge in [-0.1, -0.05) is 17.7 Å². The second-order valence-electron chi connectivity index (χ2n) is 6.79. The molecule has 6 nitrogen and oxygen atoms in total. The first-order valence-corrected chi connectivity index (χ1v) is 9.59. The van der Waals surface area contributed by atoms with Gasteiger partial charge in [0.25, 0.3) is 5.91 Å². The Kier molecular flexibility index (Phi) is 6.54. The van der Waals surface area contributed by atoms with Crippen LogP contribution in [-0.4, -0.2) is 44.7 Å². The minimum atomic E-state index is -0.311. The molecular weight excluding hydrogens is 378 g/mol. The van der Waals surface area contributed by atoms with Gasteiger partial charge in [0, 0.05) is 23.7 Å². The van der Waals surface area contributed by atoms with Crippen LogP contribution in [0.4, 0.5) is 11.4 Å². The number of anilines is 2. The van der Waals surface area contributed by atoms with Crippen LogP contribution in [-0.2, 0) is 9.53 Å². The molecule has 148 valence electrons. The summed E-state index contributed by atoms with van der Waals surface area (Å²) in [6.07, 6.45) is 0. The van der Waals surface area contributed by atoms with E-state index in [0.29, 0.717) is 29.5 Å². The maximum absolute atomic E-state index is 12.4. The van der Waals surface area contributed by atoms with Gasteiger partial charge < -0.3 is 20.3 Å². The van der Waals surface area contributed by atoms with Gasteiger partial charge in [-0.05, 0) is 55.3 Å². The molecule has 0 atom stereocenters. The van der Waals surface area contributed by atoms with Crippen molar-refractivity contribution in [2.24, 2.45) is 0 Å². The van der Waals surface area contributed by atoms with E-state index in [1.54, 1.807) is 18.2 Å². The summed E-state index contributed by atoms with van der Waals surface area (Å²) < 4.78 is 5.39. The highest BCUT2D eigenvalue weighted by Crippen LogP contribution is 2.29. The molecule has 0 bridgehead atoms. The Balaban J connectivity index is 1.63. The average molecular weight is 402 g/mol. The number of carbonyl (C=O) groups excluding carboxylic acids is 2. The number of nitrogens with zero attached hydrogens (tertiary/aromatic N) is 1. The third-order valence-corrected chi connectivity index (χ3v) is 5.00. The van der Waals surface area contributed by atoms with Gasteiger partial charge in [-0.15, -0.1) is 0 Å². The lowest BCUT2D eigenvalue weighted by atomic mass is 10.1. The van der Waals surface area contributed by atoms with Gasteiger partial charge in [0.05, 0.1) is 31.1 Å². The second-order valence-corrected chi connectivity index (χ2v) is 7.23. The highest BCUT2D eigenvalue weighted by Gasteiger charge is 2.17. The first kappa shape index (κ1) is 20.2. The fraction of sp³-hybridized carbons (Fsp3) is 0.333. The summed E-state index contributed by atoms with van der Waals surface area (Å²) in [5, 5.41) is 6.05. The summed E-state index contributed by atoms with van der Waals surface area (Å²) in [5.41, 5.74) is 4.20. The number of amides is 2. The molecule has 1 fully saturated rings. The van der Waals surface area contributed by atoms with Gasteiger partial charge in [-0.25, -0.2) is 0 Å². The van der Waals surface area contributed by atoms with Gasteiger partial charge in [0.2, 0.25) is 5.91 Å². The molecule has 0 unspecified atom stereocenters. The first-order valence-electron chi connectivity index (χ1n) is 9.21. The Morgan fingerprint density at radius 2 is 1.82 bits per heavy atom. The Labute approximate surface area is 169 Å². The number of carbonyl (C=O) groups is 2. The summed E-state index contributed by atoms with van der Waals surface area (Å²) in [5.74, 6) is -0.591. The number of rotatable bonds is 5. The highest BCUT2D eigenvalue weighted by molar-refractivity contribution is 6.31. The van der Waals surface area contributed by atoms with E-state index in [-0.39, 0.29) is 18.4 Å². The lowest BCUT2D eigenvalue weighted by molar-refractivity contribution is -0.115. The maximum atomic E-state index is 12.4. The molecule has 2 amide bonds. The third-order valence-electron chi connectivity index (χ3n) is 4.76. The zero-order valence-corrected chi connectivity index (χ0v) is 16.8. The summed E-state index contributed by atoms with van der Waals surface area (Å²) in [4.78, 5) is 26.8. The van der Waals surface area contributed by atoms with Gasteiger partial charge in [0.1, 0.15) is 0 Å². The topological polar surface area (TPSA) is 70.7 Å². The van der Waals surface area contributed by atoms with Gasteiger partial charge in [-0.2, -0.15) is 0 Å².